The van der Waals surface area contributed by atoms with E-state index in [-0.39, 0.29) is 11.0 Å². The van der Waals surface area contributed by atoms with E-state index in [0.29, 0.717) is 19.4 Å². The number of hydrogen-bond donors (Lipinski definition) is 1. The van der Waals surface area contributed by atoms with Crippen molar-refractivity contribution in [1.82, 2.24) is 0 Å². The fourth-order valence-corrected chi connectivity index (χ4v) is 3.16. The molecule has 1 aliphatic rings. The Morgan fingerprint density at radius 2 is 1.87 bits per heavy atom. The van der Waals surface area contributed by atoms with Crippen LogP contribution in [0.25, 0.3) is 11.1 Å². The zero-order valence-electron chi connectivity index (χ0n) is 12.7. The van der Waals surface area contributed by atoms with E-state index in [4.69, 9.17) is 22.1 Å². The van der Waals surface area contributed by atoms with Gasteiger partial charge < -0.3 is 10.5 Å². The Labute approximate surface area is 139 Å². The molecule has 0 amide bonds. The Balaban J connectivity index is 1.91. The molecule has 23 heavy (non-hydrogen) atoms. The summed E-state index contributed by atoms with van der Waals surface area (Å²) < 4.78 is 18.4. The maximum atomic E-state index is 13.3. The zero-order chi connectivity index (χ0) is 16.6. The second-order valence-electron chi connectivity index (χ2n) is 5.84. The number of ether oxygens (including phenoxy) is 1. The molecule has 3 nitrogen and oxygen atoms in total. The van der Waals surface area contributed by atoms with Gasteiger partial charge in [0.25, 0.3) is 0 Å². The maximum Gasteiger partial charge on any atom is 0.326 e. The molecule has 5 heteroatoms. The van der Waals surface area contributed by atoms with Crippen LogP contribution in [0.1, 0.15) is 18.1 Å². The lowest BCUT2D eigenvalue weighted by atomic mass is 9.97. The topological polar surface area (TPSA) is 52.3 Å². The highest BCUT2D eigenvalue weighted by atomic mass is 35.5. The van der Waals surface area contributed by atoms with Gasteiger partial charge in [-0.15, -0.1) is 0 Å². The van der Waals surface area contributed by atoms with E-state index in [2.05, 4.69) is 0 Å². The second-order valence-corrected chi connectivity index (χ2v) is 6.25. The molecule has 1 aliphatic carbocycles. The number of esters is 1. The molecule has 0 heterocycles. The molecule has 2 aromatic carbocycles. The van der Waals surface area contributed by atoms with E-state index in [1.165, 1.54) is 6.07 Å². The molecule has 0 aliphatic heterocycles. The van der Waals surface area contributed by atoms with Crippen molar-refractivity contribution in [3.8, 4) is 11.1 Å². The lowest BCUT2D eigenvalue weighted by molar-refractivity contribution is -0.149. The predicted octanol–water partition coefficient (Wildman–Crippen LogP) is 3.51. The first-order valence-corrected chi connectivity index (χ1v) is 7.84. The van der Waals surface area contributed by atoms with Crippen molar-refractivity contribution in [2.24, 2.45) is 5.73 Å². The monoisotopic (exact) mass is 333 g/mol. The molecule has 0 saturated carbocycles. The second kappa shape index (κ2) is 5.95. The SMILES string of the molecule is CCOC(=O)C1(N)Cc2ccc(-c3ccc(F)c(Cl)c3)cc2C1. The number of nitrogens with two attached hydrogens (primary N) is 1. The van der Waals surface area contributed by atoms with E-state index in [0.717, 1.165) is 22.3 Å². The molecule has 0 radical (unpaired) electrons. The molecule has 120 valence electrons. The first-order chi connectivity index (χ1) is 10.9. The van der Waals surface area contributed by atoms with E-state index >= 15 is 0 Å². The Bertz CT molecular complexity index is 778. The van der Waals surface area contributed by atoms with Crippen molar-refractivity contribution >= 4 is 17.6 Å². The number of hydrogen-bond acceptors (Lipinski definition) is 3. The lowest BCUT2D eigenvalue weighted by Gasteiger charge is -2.20. The van der Waals surface area contributed by atoms with Crippen molar-refractivity contribution < 1.29 is 13.9 Å². The minimum absolute atomic E-state index is 0.0858. The molecule has 0 aromatic heterocycles. The lowest BCUT2D eigenvalue weighted by Crippen LogP contribution is -2.50. The molecule has 0 saturated heterocycles. The summed E-state index contributed by atoms with van der Waals surface area (Å²) >= 11 is 5.85. The first-order valence-electron chi connectivity index (χ1n) is 7.46. The summed E-state index contributed by atoms with van der Waals surface area (Å²) in [6, 6.07) is 10.5. The van der Waals surface area contributed by atoms with Gasteiger partial charge in [0.2, 0.25) is 0 Å². The Hall–Kier alpha value is -1.91. The van der Waals surface area contributed by atoms with Gasteiger partial charge in [0.05, 0.1) is 11.6 Å². The highest BCUT2D eigenvalue weighted by molar-refractivity contribution is 6.31. The van der Waals surface area contributed by atoms with E-state index in [1.807, 2.05) is 18.2 Å². The third kappa shape index (κ3) is 2.96. The van der Waals surface area contributed by atoms with Crippen molar-refractivity contribution in [2.45, 2.75) is 25.3 Å². The van der Waals surface area contributed by atoms with Crippen LogP contribution >= 0.6 is 11.6 Å². The van der Waals surface area contributed by atoms with Gasteiger partial charge in [-0.3, -0.25) is 4.79 Å². The van der Waals surface area contributed by atoms with Gasteiger partial charge in [-0.05, 0) is 41.3 Å². The smallest absolute Gasteiger partial charge is 0.326 e. The molecule has 0 bridgehead atoms. The number of carbonyl (C=O) groups is 1. The van der Waals surface area contributed by atoms with Crippen LogP contribution in [0, 0.1) is 5.82 Å². The molecule has 2 aromatic rings. The van der Waals surface area contributed by atoms with Crippen LogP contribution in [0.4, 0.5) is 4.39 Å². The Morgan fingerprint density at radius 1 is 1.22 bits per heavy atom. The predicted molar refractivity (Wildman–Crippen MR) is 87.8 cm³/mol. The Morgan fingerprint density at radius 3 is 2.57 bits per heavy atom. The van der Waals surface area contributed by atoms with Crippen LogP contribution in [0.15, 0.2) is 36.4 Å². The summed E-state index contributed by atoms with van der Waals surface area (Å²) in [5, 5.41) is 0.0858. The summed E-state index contributed by atoms with van der Waals surface area (Å²) in [5.74, 6) is -0.817. The van der Waals surface area contributed by atoms with Crippen molar-refractivity contribution in [3.63, 3.8) is 0 Å². The van der Waals surface area contributed by atoms with Gasteiger partial charge in [0.1, 0.15) is 11.4 Å². The number of rotatable bonds is 3. The molecule has 1 unspecified atom stereocenters. The molecule has 3 rings (SSSR count). The number of benzene rings is 2. The van der Waals surface area contributed by atoms with Gasteiger partial charge in [-0.2, -0.15) is 0 Å². The van der Waals surface area contributed by atoms with Gasteiger partial charge in [0, 0.05) is 12.8 Å². The summed E-state index contributed by atoms with van der Waals surface area (Å²) in [6.07, 6.45) is 0.898. The van der Waals surface area contributed by atoms with Crippen LogP contribution < -0.4 is 5.73 Å². The van der Waals surface area contributed by atoms with E-state index in [1.54, 1.807) is 19.1 Å². The van der Waals surface area contributed by atoms with Crippen LogP contribution in [-0.4, -0.2) is 18.1 Å². The number of carbonyl (C=O) groups excluding carboxylic acids is 1. The summed E-state index contributed by atoms with van der Waals surface area (Å²) in [6.45, 7) is 2.08. The van der Waals surface area contributed by atoms with Crippen LogP contribution in [0.3, 0.4) is 0 Å². The van der Waals surface area contributed by atoms with Crippen molar-refractivity contribution in [3.05, 3.63) is 58.4 Å². The van der Waals surface area contributed by atoms with Gasteiger partial charge in [0.15, 0.2) is 0 Å². The fraction of sp³-hybridized carbons (Fsp3) is 0.278. The van der Waals surface area contributed by atoms with Crippen molar-refractivity contribution in [2.75, 3.05) is 6.61 Å². The molecular formula is C18H17ClFNO2. The quantitative estimate of drug-likeness (QED) is 0.875. The van der Waals surface area contributed by atoms with Gasteiger partial charge in [-0.1, -0.05) is 35.9 Å². The minimum atomic E-state index is -1.00. The molecular weight excluding hydrogens is 317 g/mol. The minimum Gasteiger partial charge on any atom is -0.465 e. The highest BCUT2D eigenvalue weighted by Gasteiger charge is 2.41. The fourth-order valence-electron chi connectivity index (χ4n) is 2.98. The molecule has 1 atom stereocenters. The van der Waals surface area contributed by atoms with Crippen LogP contribution in [0.5, 0.6) is 0 Å². The number of halogens is 2. The normalized spacial score (nSPS) is 19.5. The van der Waals surface area contributed by atoms with E-state index < -0.39 is 11.4 Å². The molecule has 0 spiro atoms. The first kappa shape index (κ1) is 16.0. The van der Waals surface area contributed by atoms with Gasteiger partial charge >= 0.3 is 5.97 Å². The average Bonchev–Trinajstić information content (AvgIpc) is 2.87. The van der Waals surface area contributed by atoms with Crippen molar-refractivity contribution in [1.29, 1.82) is 0 Å². The third-order valence-electron chi connectivity index (χ3n) is 4.15. The molecule has 2 N–H and O–H groups in total. The summed E-state index contributed by atoms with van der Waals surface area (Å²) in [5.41, 5.74) is 9.02. The van der Waals surface area contributed by atoms with E-state index in [9.17, 15) is 9.18 Å². The largest absolute Gasteiger partial charge is 0.465 e. The summed E-state index contributed by atoms with van der Waals surface area (Å²) in [4.78, 5) is 12.1. The zero-order valence-corrected chi connectivity index (χ0v) is 13.5. The highest BCUT2D eigenvalue weighted by Crippen LogP contribution is 2.33. The van der Waals surface area contributed by atoms with Crippen LogP contribution in [-0.2, 0) is 22.4 Å². The Kier molecular flexibility index (Phi) is 4.13. The number of fused-ring (bicyclic) bond motifs is 1. The standard InChI is InChI=1S/C18H17ClFNO2/c1-2-23-17(22)18(21)9-13-4-3-11(7-14(13)10-18)12-5-6-16(20)15(19)8-12/h3-8H,2,9-10,21H2,1H3. The summed E-state index contributed by atoms with van der Waals surface area (Å²) in [7, 11) is 0. The molecule has 0 fully saturated rings. The maximum absolute atomic E-state index is 13.3. The van der Waals surface area contributed by atoms with Gasteiger partial charge in [-0.25, -0.2) is 4.39 Å². The third-order valence-corrected chi connectivity index (χ3v) is 4.44. The van der Waals surface area contributed by atoms with Crippen LogP contribution in [0.2, 0.25) is 5.02 Å². The average molecular weight is 334 g/mol.